The van der Waals surface area contributed by atoms with Crippen molar-refractivity contribution in [3.05, 3.63) is 41.1 Å². The lowest BCUT2D eigenvalue weighted by Gasteiger charge is -2.37. The fraction of sp³-hybridized carbons (Fsp3) is 0.524. The number of alkyl halides is 3. The molecule has 0 aromatic carbocycles. The number of fused-ring (bicyclic) bond motifs is 1. The molecule has 1 saturated carbocycles. The maximum Gasteiger partial charge on any atom is 0.391 e. The Morgan fingerprint density at radius 3 is 2.62 bits per heavy atom. The van der Waals surface area contributed by atoms with Crippen molar-refractivity contribution in [3.63, 3.8) is 0 Å². The maximum atomic E-state index is 13.1. The third kappa shape index (κ3) is 3.96. The zero-order valence-corrected chi connectivity index (χ0v) is 17.7. The molecule has 1 saturated heterocycles. The Morgan fingerprint density at radius 2 is 1.88 bits per heavy atom. The van der Waals surface area contributed by atoms with Gasteiger partial charge in [0.1, 0.15) is 11.6 Å². The first-order valence-corrected chi connectivity index (χ1v) is 10.5. The molecular weight excluding hydrogens is 423 g/mol. The summed E-state index contributed by atoms with van der Waals surface area (Å²) in [7, 11) is 0. The van der Waals surface area contributed by atoms with E-state index in [1.165, 1.54) is 0 Å². The van der Waals surface area contributed by atoms with Crippen LogP contribution in [-0.2, 0) is 4.74 Å². The normalized spacial score (nSPS) is 23.9. The van der Waals surface area contributed by atoms with Crippen LogP contribution in [0.1, 0.15) is 47.5 Å². The Kier molecular flexibility index (Phi) is 5.15. The summed E-state index contributed by atoms with van der Waals surface area (Å²) in [6.45, 7) is 5.19. The van der Waals surface area contributed by atoms with Crippen molar-refractivity contribution in [1.82, 2.24) is 30.1 Å². The quantitative estimate of drug-likeness (QED) is 0.606. The van der Waals surface area contributed by atoms with Crippen LogP contribution in [0.15, 0.2) is 18.5 Å². The van der Waals surface area contributed by atoms with E-state index in [4.69, 9.17) is 9.72 Å². The smallest absolute Gasteiger partial charge is 0.370 e. The Hall–Kier alpha value is -2.95. The van der Waals surface area contributed by atoms with E-state index in [9.17, 15) is 13.2 Å². The number of hydrogen-bond acceptors (Lipinski definition) is 8. The van der Waals surface area contributed by atoms with Crippen LogP contribution in [-0.4, -0.2) is 56.0 Å². The molecule has 3 aromatic rings. The van der Waals surface area contributed by atoms with Crippen LogP contribution in [0, 0.1) is 19.8 Å². The number of aromatic nitrogens is 6. The minimum atomic E-state index is -4.18. The van der Waals surface area contributed by atoms with Crippen molar-refractivity contribution < 1.29 is 17.9 Å². The first-order valence-electron chi connectivity index (χ1n) is 10.5. The molecule has 0 bridgehead atoms. The minimum absolute atomic E-state index is 0.0122. The number of anilines is 1. The molecule has 2 aliphatic rings. The van der Waals surface area contributed by atoms with Crippen LogP contribution in [0.3, 0.4) is 0 Å². The molecule has 1 atom stereocenters. The lowest BCUT2D eigenvalue weighted by atomic mass is 9.72. The summed E-state index contributed by atoms with van der Waals surface area (Å²) < 4.78 is 45.1. The third-order valence-electron chi connectivity index (χ3n) is 6.05. The summed E-state index contributed by atoms with van der Waals surface area (Å²) in [5.41, 5.74) is 3.82. The monoisotopic (exact) mass is 445 g/mol. The van der Waals surface area contributed by atoms with Gasteiger partial charge in [-0.05, 0) is 32.8 Å². The first-order chi connectivity index (χ1) is 15.3. The molecule has 8 nitrogen and oxygen atoms in total. The van der Waals surface area contributed by atoms with Crippen LogP contribution in [0.2, 0.25) is 0 Å². The number of nitrogens with zero attached hydrogens (tertiary/aromatic N) is 7. The molecule has 11 heteroatoms. The van der Waals surface area contributed by atoms with Crippen molar-refractivity contribution in [2.75, 3.05) is 24.6 Å². The number of hydrogen-bond donors (Lipinski definition) is 0. The van der Waals surface area contributed by atoms with Crippen molar-refractivity contribution in [2.45, 2.75) is 44.9 Å². The van der Waals surface area contributed by atoms with E-state index in [-0.39, 0.29) is 24.9 Å². The largest absolute Gasteiger partial charge is 0.391 e. The second kappa shape index (κ2) is 7.88. The average Bonchev–Trinajstić information content (AvgIpc) is 2.71. The fourth-order valence-corrected chi connectivity index (χ4v) is 4.24. The van der Waals surface area contributed by atoms with Gasteiger partial charge < -0.3 is 9.64 Å². The third-order valence-corrected chi connectivity index (χ3v) is 6.05. The fourth-order valence-electron chi connectivity index (χ4n) is 4.24. The van der Waals surface area contributed by atoms with Gasteiger partial charge in [0.25, 0.3) is 0 Å². The molecule has 2 fully saturated rings. The minimum Gasteiger partial charge on any atom is -0.370 e. The van der Waals surface area contributed by atoms with Crippen molar-refractivity contribution in [1.29, 1.82) is 0 Å². The van der Waals surface area contributed by atoms with Crippen LogP contribution in [0.25, 0.3) is 11.2 Å². The Bertz CT molecular complexity index is 1150. The zero-order chi connectivity index (χ0) is 22.5. The topological polar surface area (TPSA) is 89.8 Å². The zero-order valence-electron chi connectivity index (χ0n) is 17.7. The summed E-state index contributed by atoms with van der Waals surface area (Å²) >= 11 is 0. The van der Waals surface area contributed by atoms with E-state index < -0.39 is 12.1 Å². The SMILES string of the molecule is Cc1cc([C@H]2CN(c3nc(C4CC(C(F)(F)F)C4)c4ncc(C)nc4n3)CCO2)cnn1. The number of halogens is 3. The molecule has 0 N–H and O–H groups in total. The van der Waals surface area contributed by atoms with Crippen LogP contribution in [0.4, 0.5) is 19.1 Å². The van der Waals surface area contributed by atoms with E-state index in [2.05, 4.69) is 25.1 Å². The van der Waals surface area contributed by atoms with Gasteiger partial charge in [0.2, 0.25) is 5.95 Å². The van der Waals surface area contributed by atoms with E-state index in [1.807, 2.05) is 17.9 Å². The lowest BCUT2D eigenvalue weighted by Crippen LogP contribution is -2.40. The van der Waals surface area contributed by atoms with Gasteiger partial charge >= 0.3 is 6.18 Å². The highest BCUT2D eigenvalue weighted by Gasteiger charge is 2.49. The molecule has 0 spiro atoms. The van der Waals surface area contributed by atoms with E-state index in [0.717, 1.165) is 11.3 Å². The van der Waals surface area contributed by atoms with Gasteiger partial charge in [0, 0.05) is 24.2 Å². The summed E-state index contributed by atoms with van der Waals surface area (Å²) in [6.07, 6.45) is -1.12. The second-order valence-corrected chi connectivity index (χ2v) is 8.44. The van der Waals surface area contributed by atoms with Gasteiger partial charge in [-0.3, -0.25) is 0 Å². The summed E-state index contributed by atoms with van der Waals surface area (Å²) in [4.78, 5) is 20.2. The average molecular weight is 445 g/mol. The Morgan fingerprint density at radius 1 is 1.06 bits per heavy atom. The van der Waals surface area contributed by atoms with E-state index in [0.29, 0.717) is 48.2 Å². The van der Waals surface area contributed by atoms with Gasteiger partial charge in [0.15, 0.2) is 5.65 Å². The van der Waals surface area contributed by atoms with Crippen molar-refractivity contribution >= 4 is 17.1 Å². The van der Waals surface area contributed by atoms with Crippen LogP contribution in [0.5, 0.6) is 0 Å². The Labute approximate surface area is 182 Å². The molecule has 32 heavy (non-hydrogen) atoms. The molecular formula is C21H22F3N7O. The molecule has 0 unspecified atom stereocenters. The van der Waals surface area contributed by atoms with Crippen molar-refractivity contribution in [3.8, 4) is 0 Å². The molecule has 0 radical (unpaired) electrons. The van der Waals surface area contributed by atoms with Crippen LogP contribution >= 0.6 is 0 Å². The molecule has 1 aliphatic heterocycles. The molecule has 5 rings (SSSR count). The summed E-state index contributed by atoms with van der Waals surface area (Å²) in [5, 5.41) is 7.99. The number of ether oxygens (including phenoxy) is 1. The first kappa shape index (κ1) is 20.9. The van der Waals surface area contributed by atoms with Gasteiger partial charge in [-0.1, -0.05) is 0 Å². The van der Waals surface area contributed by atoms with E-state index in [1.54, 1.807) is 19.3 Å². The van der Waals surface area contributed by atoms with Gasteiger partial charge in [-0.15, -0.1) is 0 Å². The second-order valence-electron chi connectivity index (χ2n) is 8.44. The van der Waals surface area contributed by atoms with Crippen LogP contribution < -0.4 is 4.90 Å². The highest BCUT2D eigenvalue weighted by molar-refractivity contribution is 5.74. The highest BCUT2D eigenvalue weighted by atomic mass is 19.4. The highest BCUT2D eigenvalue weighted by Crippen LogP contribution is 2.50. The van der Waals surface area contributed by atoms with E-state index >= 15 is 0 Å². The number of aryl methyl sites for hydroxylation is 2. The molecule has 3 aromatic heterocycles. The Balaban J connectivity index is 1.47. The van der Waals surface area contributed by atoms with Crippen molar-refractivity contribution in [2.24, 2.45) is 5.92 Å². The molecule has 4 heterocycles. The standard InChI is InChI=1S/C21H22F3N7O/c1-11-5-14(9-26-30-11)16-10-31(3-4-32-16)20-28-17(13-6-15(7-13)21(22,23)24)18-19(29-20)27-12(2)8-25-18/h5,8-9,13,15-16H,3-4,6-7,10H2,1-2H3/t13?,15?,16-/m1/s1. The lowest BCUT2D eigenvalue weighted by molar-refractivity contribution is -0.197. The molecule has 0 amide bonds. The number of rotatable bonds is 3. The van der Waals surface area contributed by atoms with Gasteiger partial charge in [-0.25, -0.2) is 15.0 Å². The van der Waals surface area contributed by atoms with Gasteiger partial charge in [-0.2, -0.15) is 28.4 Å². The maximum absolute atomic E-state index is 13.1. The molecule has 168 valence electrons. The number of morpholine rings is 1. The summed E-state index contributed by atoms with van der Waals surface area (Å²) in [5.74, 6) is -1.17. The molecule has 1 aliphatic carbocycles. The predicted octanol–water partition coefficient (Wildman–Crippen LogP) is 3.46. The van der Waals surface area contributed by atoms with Gasteiger partial charge in [0.05, 0.1) is 42.3 Å². The summed E-state index contributed by atoms with van der Waals surface area (Å²) in [6, 6.07) is 1.92. The predicted molar refractivity (Wildman–Crippen MR) is 109 cm³/mol.